The van der Waals surface area contributed by atoms with Crippen molar-refractivity contribution in [2.24, 2.45) is 0 Å². The molecule has 92 valence electrons. The van der Waals surface area contributed by atoms with Crippen LogP contribution in [0.25, 0.3) is 11.4 Å². The van der Waals surface area contributed by atoms with Gasteiger partial charge in [-0.15, -0.1) is 0 Å². The van der Waals surface area contributed by atoms with Crippen LogP contribution < -0.4 is 5.73 Å². The fraction of sp³-hybridized carbons (Fsp3) is 0.154. The summed E-state index contributed by atoms with van der Waals surface area (Å²) in [5.41, 5.74) is 7.86. The maximum atomic E-state index is 11.4. The number of methoxy groups -OCH3 is 1. The third kappa shape index (κ3) is 2.29. The minimum atomic E-state index is -0.539. The normalized spacial score (nSPS) is 10.1. The van der Waals surface area contributed by atoms with Crippen molar-refractivity contribution in [1.82, 2.24) is 9.97 Å². The molecule has 5 heteroatoms. The van der Waals surface area contributed by atoms with Crippen LogP contribution in [0.3, 0.4) is 0 Å². The Morgan fingerprint density at radius 2 is 2.17 bits per heavy atom. The maximum Gasteiger partial charge on any atom is 0.343 e. The SMILES string of the molecule is COC(=O)c1cnc(-c2cccc(C)c2)nc1N. The van der Waals surface area contributed by atoms with E-state index in [9.17, 15) is 4.79 Å². The Balaban J connectivity index is 2.43. The second kappa shape index (κ2) is 4.83. The van der Waals surface area contributed by atoms with Crippen molar-refractivity contribution in [2.75, 3.05) is 12.8 Å². The number of aryl methyl sites for hydroxylation is 1. The average molecular weight is 243 g/mol. The number of aromatic nitrogens is 2. The van der Waals surface area contributed by atoms with E-state index in [1.165, 1.54) is 13.3 Å². The highest BCUT2D eigenvalue weighted by Gasteiger charge is 2.13. The molecule has 0 amide bonds. The summed E-state index contributed by atoms with van der Waals surface area (Å²) in [5, 5.41) is 0. The lowest BCUT2D eigenvalue weighted by Gasteiger charge is -2.05. The Kier molecular flexibility index (Phi) is 3.23. The molecule has 0 spiro atoms. The summed E-state index contributed by atoms with van der Waals surface area (Å²) in [6.07, 6.45) is 1.38. The van der Waals surface area contributed by atoms with Crippen molar-refractivity contribution in [2.45, 2.75) is 6.92 Å². The second-order valence-electron chi connectivity index (χ2n) is 3.85. The minimum Gasteiger partial charge on any atom is -0.465 e. The molecular formula is C13H13N3O2. The number of carbonyl (C=O) groups is 1. The van der Waals surface area contributed by atoms with E-state index in [4.69, 9.17) is 5.73 Å². The van der Waals surface area contributed by atoms with E-state index in [-0.39, 0.29) is 11.4 Å². The van der Waals surface area contributed by atoms with Gasteiger partial charge in [-0.3, -0.25) is 0 Å². The molecule has 0 unspecified atom stereocenters. The van der Waals surface area contributed by atoms with Crippen LogP contribution in [-0.2, 0) is 4.74 Å². The summed E-state index contributed by atoms with van der Waals surface area (Å²) in [7, 11) is 1.29. The third-order valence-corrected chi connectivity index (χ3v) is 2.50. The van der Waals surface area contributed by atoms with Crippen molar-refractivity contribution in [3.05, 3.63) is 41.6 Å². The van der Waals surface area contributed by atoms with Gasteiger partial charge in [0.2, 0.25) is 0 Å². The zero-order valence-corrected chi connectivity index (χ0v) is 10.2. The van der Waals surface area contributed by atoms with Crippen LogP contribution >= 0.6 is 0 Å². The summed E-state index contributed by atoms with van der Waals surface area (Å²) < 4.78 is 4.58. The van der Waals surface area contributed by atoms with Gasteiger partial charge in [0.05, 0.1) is 7.11 Å². The molecule has 0 radical (unpaired) electrons. The van der Waals surface area contributed by atoms with Crippen LogP contribution in [0.4, 0.5) is 5.82 Å². The van der Waals surface area contributed by atoms with Crippen LogP contribution in [0.1, 0.15) is 15.9 Å². The predicted molar refractivity (Wildman–Crippen MR) is 68.0 cm³/mol. The first kappa shape index (κ1) is 12.0. The molecule has 2 rings (SSSR count). The van der Waals surface area contributed by atoms with Gasteiger partial charge >= 0.3 is 5.97 Å². The Bertz CT molecular complexity index is 597. The second-order valence-corrected chi connectivity index (χ2v) is 3.85. The number of rotatable bonds is 2. The van der Waals surface area contributed by atoms with E-state index < -0.39 is 5.97 Å². The number of carbonyl (C=O) groups excluding carboxylic acids is 1. The van der Waals surface area contributed by atoms with Crippen LogP contribution in [0.15, 0.2) is 30.5 Å². The predicted octanol–water partition coefficient (Wildman–Crippen LogP) is 1.82. The molecule has 0 fully saturated rings. The molecule has 2 aromatic rings. The van der Waals surface area contributed by atoms with Crippen molar-refractivity contribution in [3.8, 4) is 11.4 Å². The number of benzene rings is 1. The van der Waals surface area contributed by atoms with Gasteiger partial charge < -0.3 is 10.5 Å². The summed E-state index contributed by atoms with van der Waals surface area (Å²) in [5.74, 6) is 0.0699. The third-order valence-electron chi connectivity index (χ3n) is 2.50. The Labute approximate surface area is 105 Å². The van der Waals surface area contributed by atoms with E-state index in [1.807, 2.05) is 31.2 Å². The van der Waals surface area contributed by atoms with E-state index in [0.29, 0.717) is 5.82 Å². The summed E-state index contributed by atoms with van der Waals surface area (Å²) in [6, 6.07) is 7.74. The van der Waals surface area contributed by atoms with E-state index >= 15 is 0 Å². The van der Waals surface area contributed by atoms with Gasteiger partial charge in [0.15, 0.2) is 5.82 Å². The standard InChI is InChI=1S/C13H13N3O2/c1-8-4-3-5-9(6-8)12-15-7-10(11(14)16-12)13(17)18-2/h3-7H,1-2H3,(H2,14,15,16). The molecule has 0 aliphatic heterocycles. The topological polar surface area (TPSA) is 78.1 Å². The molecule has 1 heterocycles. The van der Waals surface area contributed by atoms with Crippen LogP contribution in [0.2, 0.25) is 0 Å². The van der Waals surface area contributed by atoms with E-state index in [1.54, 1.807) is 0 Å². The van der Waals surface area contributed by atoms with Gasteiger partial charge in [0.1, 0.15) is 11.4 Å². The summed E-state index contributed by atoms with van der Waals surface area (Å²) in [6.45, 7) is 1.98. The number of anilines is 1. The number of nitrogens with two attached hydrogens (primary N) is 1. The number of hydrogen-bond donors (Lipinski definition) is 1. The van der Waals surface area contributed by atoms with Gasteiger partial charge in [0.25, 0.3) is 0 Å². The fourth-order valence-corrected chi connectivity index (χ4v) is 1.59. The smallest absolute Gasteiger partial charge is 0.343 e. The molecule has 2 N–H and O–H groups in total. The van der Waals surface area contributed by atoms with Gasteiger partial charge in [0, 0.05) is 11.8 Å². The van der Waals surface area contributed by atoms with Gasteiger partial charge in [-0.05, 0) is 13.0 Å². The Morgan fingerprint density at radius 1 is 1.39 bits per heavy atom. The molecule has 0 saturated heterocycles. The molecule has 0 aliphatic carbocycles. The first-order valence-electron chi connectivity index (χ1n) is 5.39. The number of nitrogen functional groups attached to an aromatic ring is 1. The van der Waals surface area contributed by atoms with Crippen LogP contribution in [-0.4, -0.2) is 23.0 Å². The zero-order chi connectivity index (χ0) is 13.1. The largest absolute Gasteiger partial charge is 0.465 e. The number of nitrogens with zero attached hydrogens (tertiary/aromatic N) is 2. The molecule has 18 heavy (non-hydrogen) atoms. The zero-order valence-electron chi connectivity index (χ0n) is 10.2. The lowest BCUT2D eigenvalue weighted by molar-refractivity contribution is 0.0601. The average Bonchev–Trinajstić information content (AvgIpc) is 2.37. The molecule has 1 aromatic carbocycles. The first-order chi connectivity index (χ1) is 8.61. The van der Waals surface area contributed by atoms with Gasteiger partial charge in [-0.1, -0.05) is 23.8 Å². The number of esters is 1. The maximum absolute atomic E-state index is 11.4. The van der Waals surface area contributed by atoms with Crippen molar-refractivity contribution >= 4 is 11.8 Å². The molecule has 0 atom stereocenters. The van der Waals surface area contributed by atoms with E-state index in [0.717, 1.165) is 11.1 Å². The Hall–Kier alpha value is -2.43. The highest BCUT2D eigenvalue weighted by atomic mass is 16.5. The van der Waals surface area contributed by atoms with E-state index in [2.05, 4.69) is 14.7 Å². The monoisotopic (exact) mass is 243 g/mol. The van der Waals surface area contributed by atoms with Crippen molar-refractivity contribution < 1.29 is 9.53 Å². The van der Waals surface area contributed by atoms with Crippen LogP contribution in [0.5, 0.6) is 0 Å². The lowest BCUT2D eigenvalue weighted by atomic mass is 10.1. The minimum absolute atomic E-state index is 0.119. The molecule has 0 bridgehead atoms. The number of ether oxygens (including phenoxy) is 1. The molecular weight excluding hydrogens is 230 g/mol. The van der Waals surface area contributed by atoms with Crippen LogP contribution in [0, 0.1) is 6.92 Å². The molecule has 1 aromatic heterocycles. The van der Waals surface area contributed by atoms with Crippen molar-refractivity contribution in [1.29, 1.82) is 0 Å². The first-order valence-corrected chi connectivity index (χ1v) is 5.39. The highest BCUT2D eigenvalue weighted by molar-refractivity contribution is 5.93. The quantitative estimate of drug-likeness (QED) is 0.814. The van der Waals surface area contributed by atoms with Gasteiger partial charge in [-0.2, -0.15) is 0 Å². The summed E-state index contributed by atoms with van der Waals surface area (Å²) in [4.78, 5) is 19.6. The summed E-state index contributed by atoms with van der Waals surface area (Å²) >= 11 is 0. The number of hydrogen-bond acceptors (Lipinski definition) is 5. The molecule has 5 nitrogen and oxygen atoms in total. The highest BCUT2D eigenvalue weighted by Crippen LogP contribution is 2.18. The van der Waals surface area contributed by atoms with Crippen molar-refractivity contribution in [3.63, 3.8) is 0 Å². The Morgan fingerprint density at radius 3 is 2.78 bits per heavy atom. The van der Waals surface area contributed by atoms with Gasteiger partial charge in [-0.25, -0.2) is 14.8 Å². The fourth-order valence-electron chi connectivity index (χ4n) is 1.59. The molecule has 0 aliphatic rings. The molecule has 0 saturated carbocycles. The lowest BCUT2D eigenvalue weighted by Crippen LogP contribution is -2.09.